The molecule has 2 aliphatic rings. The Labute approximate surface area is 150 Å². The van der Waals surface area contributed by atoms with Crippen LogP contribution in [-0.4, -0.2) is 31.3 Å². The van der Waals surface area contributed by atoms with Gasteiger partial charge in [-0.05, 0) is 62.1 Å². The van der Waals surface area contributed by atoms with Gasteiger partial charge < -0.3 is 20.5 Å². The van der Waals surface area contributed by atoms with Crippen molar-refractivity contribution in [1.82, 2.24) is 5.32 Å². The Kier molecular flexibility index (Phi) is 6.70. The molecular weight excluding hydrogens is 316 g/mol. The van der Waals surface area contributed by atoms with Crippen LogP contribution >= 0.6 is 0 Å². The molecule has 1 heterocycles. The number of hydrogen-bond donors (Lipinski definition) is 2. The monoisotopic (exact) mass is 346 g/mol. The van der Waals surface area contributed by atoms with Crippen molar-refractivity contribution in [3.8, 4) is 5.75 Å². The first-order valence-electron chi connectivity index (χ1n) is 9.59. The highest BCUT2D eigenvalue weighted by atomic mass is 16.5. The van der Waals surface area contributed by atoms with Gasteiger partial charge in [0.15, 0.2) is 0 Å². The third-order valence-corrected chi connectivity index (χ3v) is 5.32. The quantitative estimate of drug-likeness (QED) is 0.831. The molecule has 3 rings (SSSR count). The van der Waals surface area contributed by atoms with Crippen LogP contribution in [0.4, 0.5) is 0 Å². The van der Waals surface area contributed by atoms with Gasteiger partial charge in [0.25, 0.3) is 0 Å². The third-order valence-electron chi connectivity index (χ3n) is 5.32. The lowest BCUT2D eigenvalue weighted by molar-refractivity contribution is -0.124. The number of hydrogen-bond acceptors (Lipinski definition) is 4. The average Bonchev–Trinajstić information content (AvgIpc) is 2.68. The van der Waals surface area contributed by atoms with Crippen molar-refractivity contribution in [1.29, 1.82) is 0 Å². The van der Waals surface area contributed by atoms with Crippen LogP contribution in [0, 0.1) is 5.92 Å². The summed E-state index contributed by atoms with van der Waals surface area (Å²) in [5.74, 6) is 1.07. The molecule has 2 fully saturated rings. The van der Waals surface area contributed by atoms with E-state index in [4.69, 9.17) is 15.2 Å². The SMILES string of the molecule is NC(C(=O)NCc1ccc(OC2CCCCC2)cc1)C1CCOCC1. The normalized spacial score (nSPS) is 20.8. The fraction of sp³-hybridized carbons (Fsp3) is 0.650. The summed E-state index contributed by atoms with van der Waals surface area (Å²) in [6.07, 6.45) is 8.25. The summed E-state index contributed by atoms with van der Waals surface area (Å²) in [5.41, 5.74) is 7.16. The Morgan fingerprint density at radius 1 is 1.12 bits per heavy atom. The maximum Gasteiger partial charge on any atom is 0.237 e. The smallest absolute Gasteiger partial charge is 0.237 e. The zero-order valence-electron chi connectivity index (χ0n) is 14.9. The minimum Gasteiger partial charge on any atom is -0.490 e. The van der Waals surface area contributed by atoms with Gasteiger partial charge in [-0.2, -0.15) is 0 Å². The molecule has 1 unspecified atom stereocenters. The van der Waals surface area contributed by atoms with E-state index in [0.29, 0.717) is 25.9 Å². The molecule has 0 bridgehead atoms. The molecular formula is C20H30N2O3. The fourth-order valence-corrected chi connectivity index (χ4v) is 3.66. The minimum atomic E-state index is -0.446. The maximum absolute atomic E-state index is 12.2. The van der Waals surface area contributed by atoms with E-state index in [1.54, 1.807) is 0 Å². The van der Waals surface area contributed by atoms with Gasteiger partial charge in [0, 0.05) is 19.8 Å². The van der Waals surface area contributed by atoms with Crippen LogP contribution in [0.5, 0.6) is 5.75 Å². The van der Waals surface area contributed by atoms with Crippen molar-refractivity contribution in [3.63, 3.8) is 0 Å². The number of carbonyl (C=O) groups is 1. The van der Waals surface area contributed by atoms with Gasteiger partial charge in [-0.1, -0.05) is 18.6 Å². The first-order chi connectivity index (χ1) is 12.2. The van der Waals surface area contributed by atoms with E-state index in [0.717, 1.165) is 37.0 Å². The number of amides is 1. The Hall–Kier alpha value is -1.59. The second-order valence-electron chi connectivity index (χ2n) is 7.22. The highest BCUT2D eigenvalue weighted by Crippen LogP contribution is 2.23. The highest BCUT2D eigenvalue weighted by Gasteiger charge is 2.26. The van der Waals surface area contributed by atoms with E-state index in [1.165, 1.54) is 19.3 Å². The van der Waals surface area contributed by atoms with Gasteiger partial charge >= 0.3 is 0 Å². The first-order valence-corrected chi connectivity index (χ1v) is 9.59. The van der Waals surface area contributed by atoms with Gasteiger partial charge in [-0.3, -0.25) is 4.79 Å². The summed E-state index contributed by atoms with van der Waals surface area (Å²) in [6, 6.07) is 7.57. The maximum atomic E-state index is 12.2. The number of nitrogens with one attached hydrogen (secondary N) is 1. The Balaban J connectivity index is 1.43. The lowest BCUT2D eigenvalue weighted by atomic mass is 9.92. The van der Waals surface area contributed by atoms with Gasteiger partial charge in [0.1, 0.15) is 5.75 Å². The highest BCUT2D eigenvalue weighted by molar-refractivity contribution is 5.81. The molecule has 3 N–H and O–H groups in total. The zero-order valence-corrected chi connectivity index (χ0v) is 14.9. The molecule has 1 aliphatic carbocycles. The van der Waals surface area contributed by atoms with Crippen LogP contribution in [0.3, 0.4) is 0 Å². The molecule has 1 aromatic rings. The Morgan fingerprint density at radius 2 is 1.80 bits per heavy atom. The topological polar surface area (TPSA) is 73.6 Å². The fourth-order valence-electron chi connectivity index (χ4n) is 3.66. The van der Waals surface area contributed by atoms with Crippen LogP contribution in [0.25, 0.3) is 0 Å². The summed E-state index contributed by atoms with van der Waals surface area (Å²) >= 11 is 0. The molecule has 5 heteroatoms. The van der Waals surface area contributed by atoms with E-state index in [2.05, 4.69) is 5.32 Å². The number of rotatable bonds is 6. The van der Waals surface area contributed by atoms with Crippen molar-refractivity contribution in [3.05, 3.63) is 29.8 Å². The van der Waals surface area contributed by atoms with Crippen molar-refractivity contribution < 1.29 is 14.3 Å². The predicted molar refractivity (Wildman–Crippen MR) is 97.3 cm³/mol. The van der Waals surface area contributed by atoms with Gasteiger partial charge in [0.05, 0.1) is 12.1 Å². The standard InChI is InChI=1S/C20H30N2O3/c21-19(16-10-12-24-13-11-16)20(23)22-14-15-6-8-18(9-7-15)25-17-4-2-1-3-5-17/h6-9,16-17,19H,1-5,10-14,21H2,(H,22,23). The first kappa shape index (κ1) is 18.2. The second-order valence-corrected chi connectivity index (χ2v) is 7.22. The van der Waals surface area contributed by atoms with E-state index in [-0.39, 0.29) is 11.8 Å². The van der Waals surface area contributed by atoms with Crippen LogP contribution < -0.4 is 15.8 Å². The number of ether oxygens (including phenoxy) is 2. The second kappa shape index (κ2) is 9.20. The lowest BCUT2D eigenvalue weighted by Crippen LogP contribution is -2.46. The molecule has 0 spiro atoms. The summed E-state index contributed by atoms with van der Waals surface area (Å²) in [6.45, 7) is 1.90. The molecule has 0 aromatic heterocycles. The van der Waals surface area contributed by atoms with E-state index < -0.39 is 6.04 Å². The predicted octanol–water partition coefficient (Wildman–Crippen LogP) is 2.77. The van der Waals surface area contributed by atoms with Crippen molar-refractivity contribution in [2.45, 2.75) is 63.6 Å². The van der Waals surface area contributed by atoms with Crippen LogP contribution in [0.1, 0.15) is 50.5 Å². The van der Waals surface area contributed by atoms with Crippen LogP contribution in [0.2, 0.25) is 0 Å². The lowest BCUT2D eigenvalue weighted by Gasteiger charge is -2.26. The summed E-state index contributed by atoms with van der Waals surface area (Å²) in [4.78, 5) is 12.2. The van der Waals surface area contributed by atoms with E-state index >= 15 is 0 Å². The Morgan fingerprint density at radius 3 is 2.48 bits per heavy atom. The number of benzene rings is 1. The van der Waals surface area contributed by atoms with Gasteiger partial charge in [-0.15, -0.1) is 0 Å². The molecule has 5 nitrogen and oxygen atoms in total. The van der Waals surface area contributed by atoms with Crippen molar-refractivity contribution >= 4 is 5.91 Å². The number of nitrogens with two attached hydrogens (primary N) is 1. The largest absolute Gasteiger partial charge is 0.490 e. The molecule has 1 amide bonds. The van der Waals surface area contributed by atoms with Crippen LogP contribution in [-0.2, 0) is 16.1 Å². The van der Waals surface area contributed by atoms with E-state index in [9.17, 15) is 4.79 Å². The van der Waals surface area contributed by atoms with Crippen LogP contribution in [0.15, 0.2) is 24.3 Å². The Bertz CT molecular complexity index is 534. The molecule has 0 radical (unpaired) electrons. The summed E-state index contributed by atoms with van der Waals surface area (Å²) in [5, 5.41) is 2.95. The molecule has 1 aliphatic heterocycles. The molecule has 1 atom stereocenters. The van der Waals surface area contributed by atoms with E-state index in [1.807, 2.05) is 24.3 Å². The molecule has 1 saturated heterocycles. The van der Waals surface area contributed by atoms with Crippen molar-refractivity contribution in [2.24, 2.45) is 11.7 Å². The molecule has 138 valence electrons. The third kappa shape index (κ3) is 5.44. The molecule has 1 saturated carbocycles. The summed E-state index contributed by atoms with van der Waals surface area (Å²) < 4.78 is 11.4. The number of carbonyl (C=O) groups excluding carboxylic acids is 1. The van der Waals surface area contributed by atoms with Crippen molar-refractivity contribution in [2.75, 3.05) is 13.2 Å². The molecule has 1 aromatic carbocycles. The van der Waals surface area contributed by atoms with Gasteiger partial charge in [0.2, 0.25) is 5.91 Å². The van der Waals surface area contributed by atoms with Gasteiger partial charge in [-0.25, -0.2) is 0 Å². The average molecular weight is 346 g/mol. The zero-order chi connectivity index (χ0) is 17.5. The summed E-state index contributed by atoms with van der Waals surface area (Å²) in [7, 11) is 0. The minimum absolute atomic E-state index is 0.0746. The molecule has 25 heavy (non-hydrogen) atoms.